The number of carboxylic acid groups (broad SMARTS) is 2. The number of carbonyl (C=O) groups is 2. The van der Waals surface area contributed by atoms with E-state index in [2.05, 4.69) is 15.3 Å². The maximum absolute atomic E-state index is 10.3. The van der Waals surface area contributed by atoms with Gasteiger partial charge in [0.2, 0.25) is 5.79 Å². The molecule has 2 fully saturated rings. The molecule has 28 heteroatoms. The Labute approximate surface area is 329 Å². The lowest BCUT2D eigenvalue weighted by Crippen LogP contribution is -2.62. The van der Waals surface area contributed by atoms with Crippen molar-refractivity contribution in [3.8, 4) is 0 Å². The van der Waals surface area contributed by atoms with Gasteiger partial charge in [-0.15, -0.1) is 0 Å². The van der Waals surface area contributed by atoms with E-state index in [0.717, 1.165) is 5.69 Å². The second-order valence-electron chi connectivity index (χ2n) is 12.7. The normalized spacial score (nSPS) is 29.7. The van der Waals surface area contributed by atoms with Crippen LogP contribution >= 0.6 is 0 Å². The van der Waals surface area contributed by atoms with Gasteiger partial charge in [0, 0.05) is 24.9 Å². The molecule has 1 aromatic heterocycles. The molecular weight excluding hydrogens is 794 g/mol. The highest BCUT2D eigenvalue weighted by Crippen LogP contribution is 2.35. The van der Waals surface area contributed by atoms with Gasteiger partial charge in [-0.25, -0.2) is 4.98 Å². The van der Waals surface area contributed by atoms with Gasteiger partial charge in [0.1, 0.15) is 85.8 Å². The number of hydrogen-bond acceptors (Lipinski definition) is 23. The standard InChI is InChI=1S/C12H22O11.C6H14N4O2.C6H9N3O2.C6H14O6/c13-1-4-6(16)8(18)9(19)11(21-4)23-12(3-15)10(20)7(17)5(2-14)22-12;7-4(5(11)12)2-1-3-10-6(8)9;7-5(6(10)11)1-4-2-8-3-9-4;7-1-3(9)5(11)6(12)4(10)2-8/h4-11,13-20H,1-3H2;4H,1-3,7H2,(H,11,12)(H4,8,9,10);2-3,5H,1,7H2,(H,8,9)(H,10,11);3-12H,1-2H2/t4-,5-,6-,7-,8+,9-,10+,11-,12+;;5-;3-,4-,5-,6-/m1.01/s1. The smallest absolute Gasteiger partial charge is 0.320 e. The number of rotatable bonds is 18. The highest BCUT2D eigenvalue weighted by molar-refractivity contribution is 5.74. The largest absolute Gasteiger partial charge is 0.480 e. The number of nitrogens with zero attached hydrogens (tertiary/aromatic N) is 1. The van der Waals surface area contributed by atoms with Crippen LogP contribution in [0.3, 0.4) is 0 Å². The number of guanidine groups is 1. The van der Waals surface area contributed by atoms with Crippen LogP contribution in [0.4, 0.5) is 0 Å². The summed E-state index contributed by atoms with van der Waals surface area (Å²) in [4.78, 5) is 27.0. The Balaban J connectivity index is 0.000000797. The Morgan fingerprint density at radius 1 is 0.862 bits per heavy atom. The van der Waals surface area contributed by atoms with Gasteiger partial charge in [-0.05, 0) is 12.8 Å². The average Bonchev–Trinajstić information content (AvgIpc) is 3.80. The summed E-state index contributed by atoms with van der Waals surface area (Å²) >= 11 is 0. The van der Waals surface area contributed by atoms with Gasteiger partial charge in [-0.2, -0.15) is 0 Å². The second kappa shape index (κ2) is 27.4. The van der Waals surface area contributed by atoms with E-state index in [0.29, 0.717) is 19.4 Å². The first-order valence-corrected chi connectivity index (χ1v) is 17.3. The zero-order chi connectivity index (χ0) is 44.9. The van der Waals surface area contributed by atoms with Gasteiger partial charge in [0.05, 0.1) is 32.8 Å². The van der Waals surface area contributed by atoms with Crippen LogP contribution in [0.1, 0.15) is 18.5 Å². The lowest BCUT2D eigenvalue weighted by Gasteiger charge is -2.43. The van der Waals surface area contributed by atoms with Gasteiger partial charge in [0.15, 0.2) is 12.2 Å². The first kappa shape index (κ1) is 54.7. The lowest BCUT2D eigenvalue weighted by atomic mass is 9.99. The van der Waals surface area contributed by atoms with E-state index in [-0.39, 0.29) is 12.4 Å². The molecule has 0 aromatic carbocycles. The van der Waals surface area contributed by atoms with Crippen LogP contribution < -0.4 is 22.5 Å². The third-order valence-corrected chi connectivity index (χ3v) is 8.22. The molecule has 1 aromatic rings. The van der Waals surface area contributed by atoms with Crippen molar-refractivity contribution in [1.29, 1.82) is 5.41 Å². The molecule has 28 nitrogen and oxygen atoms in total. The molecule has 0 saturated carbocycles. The van der Waals surface area contributed by atoms with Crippen molar-refractivity contribution in [2.45, 2.75) is 111 Å². The summed E-state index contributed by atoms with van der Waals surface area (Å²) in [6.07, 6.45) is -14.7. The van der Waals surface area contributed by atoms with E-state index in [1.807, 2.05) is 0 Å². The fourth-order valence-corrected chi connectivity index (χ4v) is 4.69. The van der Waals surface area contributed by atoms with Crippen LogP contribution in [-0.2, 0) is 30.2 Å². The lowest BCUT2D eigenvalue weighted by molar-refractivity contribution is -0.383. The molecule has 15 atom stereocenters. The van der Waals surface area contributed by atoms with Crippen LogP contribution in [-0.4, -0.2) is 240 Å². The summed E-state index contributed by atoms with van der Waals surface area (Å²) in [5.41, 5.74) is 16.2. The van der Waals surface area contributed by atoms with Crippen molar-refractivity contribution in [2.75, 3.05) is 39.6 Å². The van der Waals surface area contributed by atoms with E-state index in [4.69, 9.17) is 87.9 Å². The van der Waals surface area contributed by atoms with Crippen molar-refractivity contribution in [3.05, 3.63) is 18.2 Å². The Bertz CT molecular complexity index is 1280. The minimum atomic E-state index is -2.22. The van der Waals surface area contributed by atoms with Crippen LogP contribution in [0.2, 0.25) is 0 Å². The molecule has 0 spiro atoms. The number of aromatic nitrogens is 2. The molecule has 2 aliphatic rings. The number of imidazole rings is 1. The van der Waals surface area contributed by atoms with E-state index in [9.17, 15) is 40.2 Å². The number of ether oxygens (including phenoxy) is 3. The second-order valence-corrected chi connectivity index (χ2v) is 12.7. The minimum absolute atomic E-state index is 0.112. The number of nitrogens with two attached hydrogens (primary N) is 3. The van der Waals surface area contributed by atoms with Crippen molar-refractivity contribution in [1.82, 2.24) is 15.3 Å². The van der Waals surface area contributed by atoms with Gasteiger partial charge >= 0.3 is 11.9 Å². The fraction of sp³-hybridized carbons (Fsp3) is 0.800. The van der Waals surface area contributed by atoms with Crippen LogP contribution in [0, 0.1) is 5.41 Å². The first-order chi connectivity index (χ1) is 27.1. The van der Waals surface area contributed by atoms with Gasteiger partial charge in [-0.3, -0.25) is 15.0 Å². The third-order valence-electron chi connectivity index (χ3n) is 8.22. The molecule has 0 aliphatic carbocycles. The van der Waals surface area contributed by atoms with E-state index >= 15 is 0 Å². The Hall–Kier alpha value is -3.34. The predicted molar refractivity (Wildman–Crippen MR) is 190 cm³/mol. The molecule has 2 aliphatic heterocycles. The third kappa shape index (κ3) is 17.5. The average molecular weight is 854 g/mol. The molecule has 1 unspecified atom stereocenters. The molecule has 58 heavy (non-hydrogen) atoms. The van der Waals surface area contributed by atoms with Crippen molar-refractivity contribution >= 4 is 17.9 Å². The summed E-state index contributed by atoms with van der Waals surface area (Å²) in [7, 11) is 0. The van der Waals surface area contributed by atoms with Crippen LogP contribution in [0.15, 0.2) is 12.5 Å². The van der Waals surface area contributed by atoms with E-state index < -0.39 is 136 Å². The zero-order valence-corrected chi connectivity index (χ0v) is 31.0. The number of aliphatic hydroxyl groups excluding tert-OH is 14. The topological polar surface area (TPSA) is 528 Å². The maximum atomic E-state index is 10.3. The summed E-state index contributed by atoms with van der Waals surface area (Å²) in [5, 5.41) is 155. The number of aromatic amines is 1. The fourth-order valence-electron chi connectivity index (χ4n) is 4.69. The van der Waals surface area contributed by atoms with Crippen LogP contribution in [0.5, 0.6) is 0 Å². The predicted octanol–water partition coefficient (Wildman–Crippen LogP) is -11.0. The molecule has 0 bridgehead atoms. The van der Waals surface area contributed by atoms with E-state index in [1.165, 1.54) is 6.33 Å². The number of hydrogen-bond donors (Lipinski definition) is 22. The summed E-state index contributed by atoms with van der Waals surface area (Å²) in [6, 6.07) is -1.67. The molecule has 3 rings (SSSR count). The highest BCUT2D eigenvalue weighted by Gasteiger charge is 2.58. The molecule has 340 valence electrons. The number of H-pyrrole nitrogens is 1. The quantitative estimate of drug-likeness (QED) is 0.0370. The SMILES string of the molecule is N=C(N)NCCCC(N)C(=O)O.N[C@@H](Cc1cnc[nH]1)C(=O)O.OC[C@@H](O)[C@@H](O)[C@H](O)[C@H](O)CO.OC[C@H]1O[C@@](CO)(O[C@H]2O[C@H](CO)[C@@H](O)[C@H](O)[C@H]2O)[C@@H](O)[C@@H]1O. The summed E-state index contributed by atoms with van der Waals surface area (Å²) < 4.78 is 15.4. The molecule has 25 N–H and O–H groups in total. The Morgan fingerprint density at radius 2 is 1.40 bits per heavy atom. The molecule has 0 amide bonds. The summed E-state index contributed by atoms with van der Waals surface area (Å²) in [5.74, 6) is -4.34. The van der Waals surface area contributed by atoms with Gasteiger partial charge in [0.25, 0.3) is 0 Å². The van der Waals surface area contributed by atoms with Crippen LogP contribution in [0.25, 0.3) is 0 Å². The number of nitrogens with one attached hydrogen (secondary N) is 3. The highest BCUT2D eigenvalue weighted by atomic mass is 16.8. The monoisotopic (exact) mass is 853 g/mol. The van der Waals surface area contributed by atoms with Crippen molar-refractivity contribution in [3.63, 3.8) is 0 Å². The molecule has 2 saturated heterocycles. The molecule has 0 radical (unpaired) electrons. The minimum Gasteiger partial charge on any atom is -0.480 e. The first-order valence-electron chi connectivity index (χ1n) is 17.3. The number of aliphatic carboxylic acids is 2. The zero-order valence-electron chi connectivity index (χ0n) is 31.0. The Morgan fingerprint density at radius 3 is 1.79 bits per heavy atom. The van der Waals surface area contributed by atoms with Gasteiger partial charge < -0.3 is 123 Å². The number of carboxylic acids is 2. The van der Waals surface area contributed by atoms with Crippen molar-refractivity contribution < 1.29 is 106 Å². The molecule has 3 heterocycles. The van der Waals surface area contributed by atoms with Crippen molar-refractivity contribution in [2.24, 2.45) is 17.2 Å². The number of aliphatic hydroxyl groups is 14. The van der Waals surface area contributed by atoms with E-state index in [1.54, 1.807) is 6.20 Å². The molecular formula is C30H59N7O21. The maximum Gasteiger partial charge on any atom is 0.320 e. The summed E-state index contributed by atoms with van der Waals surface area (Å²) in [6.45, 7) is -3.29. The van der Waals surface area contributed by atoms with Gasteiger partial charge in [-0.1, -0.05) is 0 Å². The Kier molecular flexibility index (Phi) is 25.8.